The Morgan fingerprint density at radius 2 is 2.08 bits per heavy atom. The maximum absolute atomic E-state index is 9.60. The Kier molecular flexibility index (Phi) is 2.82. The molecule has 1 aliphatic carbocycles. The molecule has 0 unspecified atom stereocenters. The van der Waals surface area contributed by atoms with Crippen LogP contribution in [0.25, 0.3) is 16.6 Å². The highest BCUT2D eigenvalue weighted by molar-refractivity contribution is 5.81. The number of benzene rings is 1. The van der Waals surface area contributed by atoms with Gasteiger partial charge in [-0.1, -0.05) is 12.1 Å². The zero-order valence-corrected chi connectivity index (χ0v) is 13.2. The molecule has 24 heavy (non-hydrogen) atoms. The van der Waals surface area contributed by atoms with Crippen LogP contribution < -0.4 is 0 Å². The molecule has 3 aromatic rings. The van der Waals surface area contributed by atoms with Crippen molar-refractivity contribution in [1.82, 2.24) is 19.6 Å². The van der Waals surface area contributed by atoms with Crippen LogP contribution in [-0.2, 0) is 10.2 Å². The summed E-state index contributed by atoms with van der Waals surface area (Å²) in [5, 5.41) is 19.6. The lowest BCUT2D eigenvalue weighted by Crippen LogP contribution is -2.32. The van der Waals surface area contributed by atoms with Crippen molar-refractivity contribution in [2.75, 3.05) is 13.2 Å². The SMILES string of the molecule is N#CC1(c2ccc3cnn(-c4cnn(C5COC5)c4)c3c2)CCC1. The summed E-state index contributed by atoms with van der Waals surface area (Å²) in [5.74, 6) is 0. The highest BCUT2D eigenvalue weighted by atomic mass is 16.5. The van der Waals surface area contributed by atoms with Crippen molar-refractivity contribution in [2.45, 2.75) is 30.7 Å². The van der Waals surface area contributed by atoms with Gasteiger partial charge in [0.05, 0.1) is 54.8 Å². The number of rotatable bonds is 3. The summed E-state index contributed by atoms with van der Waals surface area (Å²) in [4.78, 5) is 0. The molecule has 0 spiro atoms. The lowest BCUT2D eigenvalue weighted by atomic mass is 9.65. The lowest BCUT2D eigenvalue weighted by molar-refractivity contribution is -0.0286. The Labute approximate surface area is 139 Å². The van der Waals surface area contributed by atoms with Crippen LogP contribution in [0.1, 0.15) is 30.9 Å². The summed E-state index contributed by atoms with van der Waals surface area (Å²) in [7, 11) is 0. The number of hydrogen-bond donors (Lipinski definition) is 0. The third-order valence-electron chi connectivity index (χ3n) is 5.37. The van der Waals surface area contributed by atoms with Gasteiger partial charge in [-0.05, 0) is 30.9 Å². The zero-order valence-electron chi connectivity index (χ0n) is 13.2. The highest BCUT2D eigenvalue weighted by Gasteiger charge is 2.39. The first-order valence-electron chi connectivity index (χ1n) is 8.31. The van der Waals surface area contributed by atoms with E-state index in [9.17, 15) is 5.26 Å². The second kappa shape index (κ2) is 4.92. The van der Waals surface area contributed by atoms with Crippen LogP contribution in [0.3, 0.4) is 0 Å². The molecule has 3 heterocycles. The van der Waals surface area contributed by atoms with Crippen LogP contribution >= 0.6 is 0 Å². The van der Waals surface area contributed by atoms with Gasteiger partial charge in [0.2, 0.25) is 0 Å². The molecule has 1 aromatic carbocycles. The predicted octanol–water partition coefficient (Wildman–Crippen LogP) is 2.74. The van der Waals surface area contributed by atoms with E-state index in [0.717, 1.165) is 54.6 Å². The van der Waals surface area contributed by atoms with Crippen molar-refractivity contribution in [3.63, 3.8) is 0 Å². The molecule has 0 amide bonds. The molecule has 6 heteroatoms. The normalized spacial score (nSPS) is 19.6. The number of aromatic nitrogens is 4. The molecule has 0 N–H and O–H groups in total. The summed E-state index contributed by atoms with van der Waals surface area (Å²) in [5.41, 5.74) is 2.76. The summed E-state index contributed by atoms with van der Waals surface area (Å²) in [6.07, 6.45) is 8.73. The van der Waals surface area contributed by atoms with E-state index in [1.807, 2.05) is 28.0 Å². The predicted molar refractivity (Wildman–Crippen MR) is 87.9 cm³/mol. The molecule has 1 saturated heterocycles. The average molecular weight is 319 g/mol. The van der Waals surface area contributed by atoms with Gasteiger partial charge in [0.15, 0.2) is 0 Å². The van der Waals surface area contributed by atoms with Gasteiger partial charge in [0.25, 0.3) is 0 Å². The second-order valence-corrected chi connectivity index (χ2v) is 6.75. The van der Waals surface area contributed by atoms with Gasteiger partial charge in [-0.15, -0.1) is 0 Å². The topological polar surface area (TPSA) is 68.7 Å². The van der Waals surface area contributed by atoms with Gasteiger partial charge in [-0.3, -0.25) is 4.68 Å². The van der Waals surface area contributed by atoms with E-state index in [0.29, 0.717) is 6.04 Å². The van der Waals surface area contributed by atoms with Crippen LogP contribution in [0.2, 0.25) is 0 Å². The second-order valence-electron chi connectivity index (χ2n) is 6.75. The van der Waals surface area contributed by atoms with Crippen molar-refractivity contribution in [3.8, 4) is 11.8 Å². The minimum absolute atomic E-state index is 0.309. The van der Waals surface area contributed by atoms with Crippen LogP contribution in [0.5, 0.6) is 0 Å². The smallest absolute Gasteiger partial charge is 0.103 e. The van der Waals surface area contributed by atoms with E-state index < -0.39 is 0 Å². The van der Waals surface area contributed by atoms with E-state index in [4.69, 9.17) is 4.74 Å². The van der Waals surface area contributed by atoms with Crippen LogP contribution in [0.4, 0.5) is 0 Å². The minimum atomic E-state index is -0.309. The molecule has 5 rings (SSSR count). The fourth-order valence-electron chi connectivity index (χ4n) is 3.53. The summed E-state index contributed by atoms with van der Waals surface area (Å²) in [6.45, 7) is 1.44. The summed E-state index contributed by atoms with van der Waals surface area (Å²) >= 11 is 0. The first-order valence-corrected chi connectivity index (χ1v) is 8.31. The number of fused-ring (bicyclic) bond motifs is 1. The van der Waals surface area contributed by atoms with Crippen molar-refractivity contribution >= 4 is 10.9 Å². The fourth-order valence-corrected chi connectivity index (χ4v) is 3.53. The molecular formula is C18H17N5O. The molecule has 0 atom stereocenters. The van der Waals surface area contributed by atoms with Crippen molar-refractivity contribution in [2.24, 2.45) is 0 Å². The van der Waals surface area contributed by atoms with E-state index in [-0.39, 0.29) is 5.41 Å². The van der Waals surface area contributed by atoms with E-state index in [2.05, 4.69) is 34.5 Å². The molecule has 0 bridgehead atoms. The first kappa shape index (κ1) is 13.8. The minimum Gasteiger partial charge on any atom is -0.377 e. The molecule has 2 aliphatic rings. The maximum atomic E-state index is 9.60. The van der Waals surface area contributed by atoms with E-state index in [1.54, 1.807) is 0 Å². The molecule has 120 valence electrons. The number of ether oxygens (including phenoxy) is 1. The third-order valence-corrected chi connectivity index (χ3v) is 5.37. The van der Waals surface area contributed by atoms with Gasteiger partial charge in [0.1, 0.15) is 5.69 Å². The molecule has 1 aliphatic heterocycles. The standard InChI is InChI=1S/C18H17N5O/c19-12-18(4-1-5-18)14-3-2-13-7-21-23(17(13)6-14)15-8-20-22(9-15)16-10-24-11-16/h2-3,6-9,16H,1,4-5,10-11H2. The van der Waals surface area contributed by atoms with Crippen molar-refractivity contribution in [3.05, 3.63) is 42.4 Å². The van der Waals surface area contributed by atoms with Crippen LogP contribution in [0, 0.1) is 11.3 Å². The van der Waals surface area contributed by atoms with Gasteiger partial charge in [-0.2, -0.15) is 15.5 Å². The van der Waals surface area contributed by atoms with Gasteiger partial charge >= 0.3 is 0 Å². The summed E-state index contributed by atoms with van der Waals surface area (Å²) < 4.78 is 9.08. The molecule has 1 saturated carbocycles. The van der Waals surface area contributed by atoms with Gasteiger partial charge in [-0.25, -0.2) is 4.68 Å². The molecule has 2 aromatic heterocycles. The average Bonchev–Trinajstić information content (AvgIpc) is 3.11. The van der Waals surface area contributed by atoms with E-state index in [1.165, 1.54) is 0 Å². The highest BCUT2D eigenvalue weighted by Crippen LogP contribution is 2.43. The quantitative estimate of drug-likeness (QED) is 0.744. The third kappa shape index (κ3) is 1.85. The first-order chi connectivity index (χ1) is 11.8. The zero-order chi connectivity index (χ0) is 16.1. The molecular weight excluding hydrogens is 302 g/mol. The Balaban J connectivity index is 1.58. The maximum Gasteiger partial charge on any atom is 0.103 e. The number of hydrogen-bond acceptors (Lipinski definition) is 4. The Morgan fingerprint density at radius 1 is 1.21 bits per heavy atom. The number of nitriles is 1. The Morgan fingerprint density at radius 3 is 2.75 bits per heavy atom. The van der Waals surface area contributed by atoms with Crippen LogP contribution in [0.15, 0.2) is 36.8 Å². The van der Waals surface area contributed by atoms with Crippen molar-refractivity contribution < 1.29 is 4.74 Å². The fraction of sp³-hybridized carbons (Fsp3) is 0.389. The lowest BCUT2D eigenvalue weighted by Gasteiger charge is -2.35. The molecule has 6 nitrogen and oxygen atoms in total. The monoisotopic (exact) mass is 319 g/mol. The van der Waals surface area contributed by atoms with Crippen LogP contribution in [-0.4, -0.2) is 32.8 Å². The Bertz CT molecular complexity index is 955. The van der Waals surface area contributed by atoms with Gasteiger partial charge in [0, 0.05) is 5.39 Å². The van der Waals surface area contributed by atoms with Crippen molar-refractivity contribution in [1.29, 1.82) is 5.26 Å². The van der Waals surface area contributed by atoms with E-state index >= 15 is 0 Å². The van der Waals surface area contributed by atoms with Gasteiger partial charge < -0.3 is 4.74 Å². The summed E-state index contributed by atoms with van der Waals surface area (Å²) in [6, 6.07) is 9.11. The molecule has 2 fully saturated rings. The largest absolute Gasteiger partial charge is 0.377 e. The molecule has 0 radical (unpaired) electrons. The number of nitrogens with zero attached hydrogens (tertiary/aromatic N) is 5. The Hall–Kier alpha value is -2.65.